The van der Waals surface area contributed by atoms with Crippen LogP contribution in [0.25, 0.3) is 0 Å². The first-order valence-corrected chi connectivity index (χ1v) is 6.04. The summed E-state index contributed by atoms with van der Waals surface area (Å²) in [6.07, 6.45) is 0.619. The van der Waals surface area contributed by atoms with Gasteiger partial charge in [0.15, 0.2) is 0 Å². The molecule has 0 aliphatic rings. The lowest BCUT2D eigenvalue weighted by Gasteiger charge is -2.16. The summed E-state index contributed by atoms with van der Waals surface area (Å²) < 4.78 is 28.0. The number of rotatable bonds is 1. The van der Waals surface area contributed by atoms with Crippen LogP contribution < -0.4 is 0 Å². The van der Waals surface area contributed by atoms with E-state index in [2.05, 4.69) is 0 Å². The third-order valence-electron chi connectivity index (χ3n) is 0.483. The lowest BCUT2D eigenvalue weighted by molar-refractivity contribution is 0.385. The first-order valence-electron chi connectivity index (χ1n) is 1.61. The summed E-state index contributed by atoms with van der Waals surface area (Å²) in [6.45, 7) is -4.74. The van der Waals surface area contributed by atoms with Crippen molar-refractivity contribution >= 4 is 16.6 Å². The fourth-order valence-electron chi connectivity index (χ4n) is 0. The highest BCUT2D eigenvalue weighted by molar-refractivity contribution is 8.52. The molecular weight excluding hydrogens is 155 g/mol. The average molecular weight is 162 g/mol. The molecular formula is CH7O5PS. The van der Waals surface area contributed by atoms with Crippen molar-refractivity contribution in [3.63, 3.8) is 0 Å². The molecule has 0 spiro atoms. The summed E-state index contributed by atoms with van der Waals surface area (Å²) in [5.41, 5.74) is 0. The van der Waals surface area contributed by atoms with Crippen LogP contribution in [0.15, 0.2) is 0 Å². The average Bonchev–Trinajstić information content (AvgIpc) is 1.25. The minimum atomic E-state index is -4.74. The molecule has 0 unspecified atom stereocenters. The van der Waals surface area contributed by atoms with Crippen molar-refractivity contribution in [2.75, 3.05) is 6.26 Å². The van der Waals surface area contributed by atoms with Gasteiger partial charge in [0.25, 0.3) is 0 Å². The van der Waals surface area contributed by atoms with E-state index in [1.54, 1.807) is 0 Å². The maximum Gasteiger partial charge on any atom is 0.434 e. The summed E-state index contributed by atoms with van der Waals surface area (Å²) in [5.74, 6) is 0. The van der Waals surface area contributed by atoms with Gasteiger partial charge in [-0.25, -0.2) is 8.77 Å². The second-order valence-electron chi connectivity index (χ2n) is 1.35. The molecule has 0 fully saturated rings. The minimum absolute atomic E-state index is 0.619. The molecule has 3 N–H and O–H groups in total. The Bertz CT molecular complexity index is 141. The topological polar surface area (TPSA) is 94.8 Å². The van der Waals surface area contributed by atoms with E-state index in [9.17, 15) is 8.77 Å². The zero-order valence-corrected chi connectivity index (χ0v) is 5.84. The van der Waals surface area contributed by atoms with Gasteiger partial charge in [-0.1, -0.05) is 0 Å². The van der Waals surface area contributed by atoms with E-state index < -0.39 is 16.6 Å². The lowest BCUT2D eigenvalue weighted by atomic mass is 12.0. The highest BCUT2D eigenvalue weighted by Gasteiger charge is 2.22. The first-order chi connectivity index (χ1) is 3.25. The minimum Gasteiger partial charge on any atom is -0.310 e. The van der Waals surface area contributed by atoms with Gasteiger partial charge in [0, 0.05) is 6.26 Å². The quantitative estimate of drug-likeness (QED) is 0.299. The Morgan fingerprint density at radius 1 is 1.50 bits per heavy atom. The largest absolute Gasteiger partial charge is 0.434 e. The molecule has 0 aromatic rings. The predicted molar refractivity (Wildman–Crippen MR) is 30.1 cm³/mol. The molecule has 0 saturated heterocycles. The fraction of sp³-hybridized carbons (Fsp3) is 1.00. The van der Waals surface area contributed by atoms with Crippen LogP contribution in [0.2, 0.25) is 0 Å². The molecule has 5 nitrogen and oxygen atoms in total. The Kier molecular flexibility index (Phi) is 1.95. The molecule has 0 aliphatic carbocycles. The summed E-state index contributed by atoms with van der Waals surface area (Å²) >= 11 is 0. The summed E-state index contributed by atoms with van der Waals surface area (Å²) in [4.78, 5) is 15.9. The molecule has 0 radical (unpaired) electrons. The number of hydrogen-bond acceptors (Lipinski definition) is 2. The smallest absolute Gasteiger partial charge is 0.310 e. The van der Waals surface area contributed by atoms with E-state index in [0.717, 1.165) is 0 Å². The molecule has 0 amide bonds. The van der Waals surface area contributed by atoms with Crippen LogP contribution in [-0.4, -0.2) is 24.8 Å². The van der Waals surface area contributed by atoms with Gasteiger partial charge < -0.3 is 9.79 Å². The highest BCUT2D eigenvalue weighted by atomic mass is 32.8. The van der Waals surface area contributed by atoms with Crippen molar-refractivity contribution in [1.29, 1.82) is 0 Å². The molecule has 0 atom stereocenters. The van der Waals surface area contributed by atoms with Gasteiger partial charge in [0.1, 0.15) is 0 Å². The molecule has 8 heavy (non-hydrogen) atoms. The van der Waals surface area contributed by atoms with Crippen molar-refractivity contribution in [3.05, 3.63) is 0 Å². The summed E-state index contributed by atoms with van der Waals surface area (Å²) in [6, 6.07) is 0. The van der Waals surface area contributed by atoms with Crippen molar-refractivity contribution in [3.8, 4) is 0 Å². The molecule has 0 bridgehead atoms. The second-order valence-corrected chi connectivity index (χ2v) is 7.84. The Labute approximate surface area is 46.9 Å². The predicted octanol–water partition coefficient (Wildman–Crippen LogP) is -0.801. The van der Waals surface area contributed by atoms with Gasteiger partial charge in [-0.15, -0.1) is 9.83 Å². The van der Waals surface area contributed by atoms with Gasteiger partial charge >= 0.3 is 6.80 Å². The van der Waals surface area contributed by atoms with Gasteiger partial charge in [0.2, 0.25) is 0 Å². The Hall–Kier alpha value is 0.260. The van der Waals surface area contributed by atoms with Crippen molar-refractivity contribution < 1.29 is 23.1 Å². The van der Waals surface area contributed by atoms with Crippen LogP contribution in [0.5, 0.6) is 0 Å². The SMILES string of the molecule is C[SH](=O)(O)P(=O)(O)O. The van der Waals surface area contributed by atoms with Gasteiger partial charge in [0.05, 0.1) is 0 Å². The van der Waals surface area contributed by atoms with Crippen LogP contribution in [0.1, 0.15) is 0 Å². The Morgan fingerprint density at radius 2 is 1.62 bits per heavy atom. The molecule has 0 rings (SSSR count). The summed E-state index contributed by atoms with van der Waals surface area (Å²) in [5, 5.41) is 0. The Morgan fingerprint density at radius 3 is 1.62 bits per heavy atom. The van der Waals surface area contributed by atoms with E-state index in [4.69, 9.17) is 14.3 Å². The van der Waals surface area contributed by atoms with Gasteiger partial charge in [-0.3, -0.25) is 4.55 Å². The van der Waals surface area contributed by atoms with Crippen LogP contribution in [0.4, 0.5) is 0 Å². The zero-order valence-electron chi connectivity index (χ0n) is 4.05. The van der Waals surface area contributed by atoms with E-state index in [-0.39, 0.29) is 0 Å². The maximum absolute atomic E-state index is 10.0. The first kappa shape index (κ1) is 8.26. The number of thiol groups is 1. The van der Waals surface area contributed by atoms with E-state index in [0.29, 0.717) is 6.26 Å². The van der Waals surface area contributed by atoms with Crippen LogP contribution in [-0.2, 0) is 14.4 Å². The molecule has 52 valence electrons. The summed E-state index contributed by atoms with van der Waals surface area (Å²) in [7, 11) is -4.18. The van der Waals surface area contributed by atoms with Crippen molar-refractivity contribution in [2.45, 2.75) is 0 Å². The molecule has 0 aromatic heterocycles. The zero-order chi connectivity index (χ0) is 7.00. The standard InChI is InChI=1S/CH7O5PS/c1-8(5,6)7(2,3)4/h8H,1H3,(H,5,6)(H2,2,3,4). The molecule has 7 heteroatoms. The molecule has 0 aliphatic heterocycles. The van der Waals surface area contributed by atoms with E-state index in [1.807, 2.05) is 0 Å². The number of hydrogen-bond donors (Lipinski definition) is 4. The van der Waals surface area contributed by atoms with Crippen LogP contribution >= 0.6 is 6.80 Å². The van der Waals surface area contributed by atoms with E-state index in [1.165, 1.54) is 0 Å². The monoisotopic (exact) mass is 162 g/mol. The molecule has 0 aromatic carbocycles. The van der Waals surface area contributed by atoms with Gasteiger partial charge in [-0.05, 0) is 0 Å². The third-order valence-corrected chi connectivity index (χ3v) is 4.35. The normalized spacial score (nSPS) is 16.0. The van der Waals surface area contributed by atoms with Gasteiger partial charge in [-0.2, -0.15) is 0 Å². The third kappa shape index (κ3) is 2.02. The van der Waals surface area contributed by atoms with Crippen molar-refractivity contribution in [2.24, 2.45) is 0 Å². The lowest BCUT2D eigenvalue weighted by Crippen LogP contribution is -2.05. The Balaban J connectivity index is 4.53. The highest BCUT2D eigenvalue weighted by Crippen LogP contribution is 2.45. The van der Waals surface area contributed by atoms with Crippen molar-refractivity contribution in [1.82, 2.24) is 0 Å². The fourth-order valence-corrected chi connectivity index (χ4v) is 0. The van der Waals surface area contributed by atoms with Crippen LogP contribution in [0, 0.1) is 0 Å². The molecule has 0 saturated carbocycles. The molecule has 0 heterocycles. The maximum atomic E-state index is 10.0. The second kappa shape index (κ2) is 1.89. The van der Waals surface area contributed by atoms with Crippen LogP contribution in [0.3, 0.4) is 0 Å². The van der Waals surface area contributed by atoms with E-state index >= 15 is 0 Å².